The van der Waals surface area contributed by atoms with Crippen LogP contribution < -0.4 is 4.90 Å². The first-order chi connectivity index (χ1) is 17.5. The van der Waals surface area contributed by atoms with Gasteiger partial charge in [-0.15, -0.1) is 0 Å². The quantitative estimate of drug-likeness (QED) is 0.377. The van der Waals surface area contributed by atoms with Crippen molar-refractivity contribution < 1.29 is 8.42 Å². The van der Waals surface area contributed by atoms with Crippen LogP contribution in [-0.2, 0) is 16.4 Å². The molecule has 0 spiro atoms. The van der Waals surface area contributed by atoms with Crippen LogP contribution in [0.15, 0.2) is 66.1 Å². The fraction of sp³-hybridized carbons (Fsp3) is 0.296. The van der Waals surface area contributed by atoms with Crippen molar-refractivity contribution in [2.24, 2.45) is 0 Å². The molecule has 5 rings (SSSR count). The number of sulfonamides is 1. The lowest BCUT2D eigenvalue weighted by Gasteiger charge is -2.34. The maximum atomic E-state index is 12.9. The Kier molecular flexibility index (Phi) is 6.84. The topological polar surface area (TPSA) is 84.2 Å². The Balaban J connectivity index is 1.43. The van der Waals surface area contributed by atoms with Crippen LogP contribution in [0.25, 0.3) is 22.8 Å². The third-order valence-corrected chi connectivity index (χ3v) is 7.90. The van der Waals surface area contributed by atoms with Crippen molar-refractivity contribution in [1.82, 2.24) is 24.1 Å². The monoisotopic (exact) mass is 502 g/mol. The van der Waals surface area contributed by atoms with E-state index in [0.29, 0.717) is 26.2 Å². The molecular formula is C27H30N6O2S. The zero-order valence-corrected chi connectivity index (χ0v) is 21.4. The second kappa shape index (κ2) is 10.2. The summed E-state index contributed by atoms with van der Waals surface area (Å²) in [4.78, 5) is 12.0. The predicted octanol–water partition coefficient (Wildman–Crippen LogP) is 4.20. The number of anilines is 1. The van der Waals surface area contributed by atoms with E-state index < -0.39 is 10.0 Å². The van der Waals surface area contributed by atoms with E-state index in [1.165, 1.54) is 9.71 Å². The second-order valence-corrected chi connectivity index (χ2v) is 10.7. The van der Waals surface area contributed by atoms with Gasteiger partial charge in [-0.25, -0.2) is 23.1 Å². The summed E-state index contributed by atoms with van der Waals surface area (Å²) in [5.74, 6) is 1.61. The molecular weight excluding hydrogens is 472 g/mol. The molecule has 36 heavy (non-hydrogen) atoms. The molecule has 2 aromatic carbocycles. The number of para-hydroxylation sites is 1. The highest BCUT2D eigenvalue weighted by atomic mass is 32.2. The molecule has 0 saturated carbocycles. The standard InChI is InChI=1S/C27H30N6O2S/c1-3-10-24-28-26(25-21(2)30-33(27(25)29-24)23-13-8-5-9-14-23)31-16-18-32(19-17-31)36(34,35)20-15-22-11-6-4-7-12-22/h4-9,11-15,20H,3,10,16-19H2,1-2H3/b20-15+. The van der Waals surface area contributed by atoms with Crippen LogP contribution in [0, 0.1) is 6.92 Å². The molecule has 0 aliphatic carbocycles. The maximum absolute atomic E-state index is 12.9. The van der Waals surface area contributed by atoms with E-state index in [9.17, 15) is 8.42 Å². The van der Waals surface area contributed by atoms with Gasteiger partial charge in [0.2, 0.25) is 10.0 Å². The summed E-state index contributed by atoms with van der Waals surface area (Å²) in [6.45, 7) is 5.96. The first kappa shape index (κ1) is 24.1. The van der Waals surface area contributed by atoms with Gasteiger partial charge in [-0.05, 0) is 37.1 Å². The van der Waals surface area contributed by atoms with Gasteiger partial charge in [-0.2, -0.15) is 9.40 Å². The number of nitrogens with zero attached hydrogens (tertiary/aromatic N) is 6. The number of hydrogen-bond donors (Lipinski definition) is 0. The smallest absolute Gasteiger partial charge is 0.236 e. The van der Waals surface area contributed by atoms with Crippen molar-refractivity contribution in [2.45, 2.75) is 26.7 Å². The third-order valence-electron chi connectivity index (χ3n) is 6.33. The molecule has 1 saturated heterocycles. The molecule has 0 amide bonds. The Morgan fingerprint density at radius 1 is 0.917 bits per heavy atom. The van der Waals surface area contributed by atoms with Gasteiger partial charge in [0.25, 0.3) is 0 Å². The van der Waals surface area contributed by atoms with Crippen LogP contribution in [-0.4, -0.2) is 58.7 Å². The van der Waals surface area contributed by atoms with Gasteiger partial charge in [-0.1, -0.05) is 55.5 Å². The summed E-state index contributed by atoms with van der Waals surface area (Å²) in [7, 11) is -3.51. The summed E-state index contributed by atoms with van der Waals surface area (Å²) in [5.41, 5.74) is 3.45. The molecule has 1 aliphatic rings. The molecule has 0 radical (unpaired) electrons. The average Bonchev–Trinajstić information content (AvgIpc) is 3.25. The van der Waals surface area contributed by atoms with Crippen molar-refractivity contribution in [3.63, 3.8) is 0 Å². The van der Waals surface area contributed by atoms with Gasteiger partial charge in [-0.3, -0.25) is 0 Å². The summed E-state index contributed by atoms with van der Waals surface area (Å²) in [6, 6.07) is 19.4. The van der Waals surface area contributed by atoms with Gasteiger partial charge in [0, 0.05) is 38.0 Å². The molecule has 4 aromatic rings. The largest absolute Gasteiger partial charge is 0.353 e. The fourth-order valence-electron chi connectivity index (χ4n) is 4.49. The van der Waals surface area contributed by atoms with Gasteiger partial charge in [0.1, 0.15) is 11.6 Å². The Morgan fingerprint density at radius 3 is 2.25 bits per heavy atom. The Labute approximate surface area is 212 Å². The normalized spacial score (nSPS) is 15.2. The van der Waals surface area contributed by atoms with Gasteiger partial charge >= 0.3 is 0 Å². The minimum Gasteiger partial charge on any atom is -0.353 e. The van der Waals surface area contributed by atoms with Gasteiger partial charge in [0.05, 0.1) is 16.8 Å². The van der Waals surface area contributed by atoms with Gasteiger partial charge in [0.15, 0.2) is 5.65 Å². The predicted molar refractivity (Wildman–Crippen MR) is 144 cm³/mol. The highest BCUT2D eigenvalue weighted by Gasteiger charge is 2.28. The minimum absolute atomic E-state index is 0.391. The molecule has 186 valence electrons. The number of aryl methyl sites for hydroxylation is 2. The zero-order valence-electron chi connectivity index (χ0n) is 20.6. The number of hydrogen-bond acceptors (Lipinski definition) is 6. The molecule has 0 bridgehead atoms. The van der Waals surface area contributed by atoms with Crippen LogP contribution in [0.1, 0.15) is 30.4 Å². The van der Waals surface area contributed by atoms with E-state index >= 15 is 0 Å². The fourth-order valence-corrected chi connectivity index (χ4v) is 5.66. The number of benzene rings is 2. The first-order valence-electron chi connectivity index (χ1n) is 12.3. The molecule has 9 heteroatoms. The lowest BCUT2D eigenvalue weighted by atomic mass is 10.2. The summed E-state index contributed by atoms with van der Waals surface area (Å²) in [5, 5.41) is 7.01. The number of aromatic nitrogens is 4. The van der Waals surface area contributed by atoms with E-state index in [1.807, 2.05) is 72.3 Å². The number of piperazine rings is 1. The molecule has 1 fully saturated rings. The minimum atomic E-state index is -3.51. The SMILES string of the molecule is CCCc1nc(N2CCN(S(=O)(=O)/C=C/c3ccccc3)CC2)c2c(C)nn(-c3ccccc3)c2n1. The molecule has 0 N–H and O–H groups in total. The summed E-state index contributed by atoms with van der Waals surface area (Å²) >= 11 is 0. The summed E-state index contributed by atoms with van der Waals surface area (Å²) < 4.78 is 29.3. The van der Waals surface area contributed by atoms with Crippen molar-refractivity contribution in [3.05, 3.63) is 83.2 Å². The summed E-state index contributed by atoms with van der Waals surface area (Å²) in [6.07, 6.45) is 3.35. The van der Waals surface area contributed by atoms with Crippen molar-refractivity contribution in [2.75, 3.05) is 31.1 Å². The average molecular weight is 503 g/mol. The molecule has 1 aliphatic heterocycles. The van der Waals surface area contributed by atoms with Crippen LogP contribution in [0.3, 0.4) is 0 Å². The molecule has 0 atom stereocenters. The van der Waals surface area contributed by atoms with Crippen molar-refractivity contribution in [3.8, 4) is 5.69 Å². The highest BCUT2D eigenvalue weighted by molar-refractivity contribution is 7.92. The van der Waals surface area contributed by atoms with E-state index in [-0.39, 0.29) is 0 Å². The van der Waals surface area contributed by atoms with E-state index in [4.69, 9.17) is 15.1 Å². The zero-order chi connectivity index (χ0) is 25.1. The number of fused-ring (bicyclic) bond motifs is 1. The van der Waals surface area contributed by atoms with Gasteiger partial charge < -0.3 is 4.90 Å². The third kappa shape index (κ3) is 4.89. The lowest BCUT2D eigenvalue weighted by Crippen LogP contribution is -2.48. The van der Waals surface area contributed by atoms with Crippen LogP contribution >= 0.6 is 0 Å². The van der Waals surface area contributed by atoms with Crippen LogP contribution in [0.4, 0.5) is 5.82 Å². The van der Waals surface area contributed by atoms with Crippen molar-refractivity contribution in [1.29, 1.82) is 0 Å². The maximum Gasteiger partial charge on any atom is 0.236 e. The molecule has 2 aromatic heterocycles. The number of rotatable bonds is 7. The van der Waals surface area contributed by atoms with Crippen molar-refractivity contribution >= 4 is 33.0 Å². The second-order valence-electron chi connectivity index (χ2n) is 8.89. The first-order valence-corrected chi connectivity index (χ1v) is 13.8. The van der Waals surface area contributed by atoms with E-state index in [1.54, 1.807) is 6.08 Å². The van der Waals surface area contributed by atoms with E-state index in [0.717, 1.165) is 52.5 Å². The highest BCUT2D eigenvalue weighted by Crippen LogP contribution is 2.30. The Morgan fingerprint density at radius 2 is 1.58 bits per heavy atom. The van der Waals surface area contributed by atoms with Crippen LogP contribution in [0.5, 0.6) is 0 Å². The lowest BCUT2D eigenvalue weighted by molar-refractivity contribution is 0.389. The Bertz CT molecular complexity index is 1480. The Hall–Kier alpha value is -3.56. The van der Waals surface area contributed by atoms with E-state index in [2.05, 4.69) is 11.8 Å². The van der Waals surface area contributed by atoms with Crippen LogP contribution in [0.2, 0.25) is 0 Å². The molecule has 0 unspecified atom stereocenters. The molecule has 3 heterocycles. The molecule has 8 nitrogen and oxygen atoms in total.